The lowest BCUT2D eigenvalue weighted by Crippen LogP contribution is -2.59. The molecule has 1 aromatic carbocycles. The van der Waals surface area contributed by atoms with Gasteiger partial charge in [0.25, 0.3) is 5.91 Å². The number of aryl methyl sites for hydroxylation is 1. The summed E-state index contributed by atoms with van der Waals surface area (Å²) in [6.45, 7) is 3.21. The Morgan fingerprint density at radius 1 is 1.14 bits per heavy atom. The van der Waals surface area contributed by atoms with E-state index in [2.05, 4.69) is 57.1 Å². The summed E-state index contributed by atoms with van der Waals surface area (Å²) >= 11 is 3.60. The van der Waals surface area contributed by atoms with Crippen LogP contribution in [0.15, 0.2) is 28.9 Å². The van der Waals surface area contributed by atoms with Crippen LogP contribution in [0.3, 0.4) is 0 Å². The number of nitrogens with zero attached hydrogens (tertiary/aromatic N) is 1. The molecule has 28 heavy (non-hydrogen) atoms. The quantitative estimate of drug-likeness (QED) is 0.523. The first kappa shape index (κ1) is 18.7. The van der Waals surface area contributed by atoms with Crippen molar-refractivity contribution in [2.45, 2.75) is 76.8 Å². The number of aromatic nitrogens is 1. The Kier molecular flexibility index (Phi) is 4.81. The first-order valence-electron chi connectivity index (χ1n) is 11.2. The zero-order chi connectivity index (χ0) is 19.3. The lowest BCUT2D eigenvalue weighted by molar-refractivity contribution is -0.0166. The van der Waals surface area contributed by atoms with Gasteiger partial charge in [-0.1, -0.05) is 35.7 Å². The molecule has 1 amide bonds. The van der Waals surface area contributed by atoms with E-state index in [1.165, 1.54) is 56.9 Å². The number of amides is 1. The maximum absolute atomic E-state index is 13.5. The van der Waals surface area contributed by atoms with Gasteiger partial charge in [-0.3, -0.25) is 4.79 Å². The number of halogens is 1. The molecule has 0 radical (unpaired) electrons. The summed E-state index contributed by atoms with van der Waals surface area (Å²) in [7, 11) is 0. The number of rotatable bonds is 6. The smallest absolute Gasteiger partial charge is 0.253 e. The van der Waals surface area contributed by atoms with Gasteiger partial charge in [-0.05, 0) is 80.9 Å². The molecule has 4 bridgehead atoms. The van der Waals surface area contributed by atoms with E-state index in [0.717, 1.165) is 46.1 Å². The SMILES string of the molecule is CCCCCn1cc(C(=O)NC23CC4CC(CC(C4)C2)C3)c2cc(Br)ccc21. The second-order valence-corrected chi connectivity index (χ2v) is 10.7. The average Bonchev–Trinajstić information content (AvgIpc) is 2.98. The topological polar surface area (TPSA) is 34.0 Å². The molecule has 4 aliphatic rings. The average molecular weight is 443 g/mol. The lowest BCUT2D eigenvalue weighted by atomic mass is 9.53. The first-order chi connectivity index (χ1) is 13.5. The first-order valence-corrected chi connectivity index (χ1v) is 12.0. The van der Waals surface area contributed by atoms with Crippen LogP contribution in [0.25, 0.3) is 10.9 Å². The molecule has 0 spiro atoms. The molecule has 1 heterocycles. The molecule has 0 aliphatic heterocycles. The summed E-state index contributed by atoms with van der Waals surface area (Å²) in [5.74, 6) is 2.67. The molecule has 150 valence electrons. The highest BCUT2D eigenvalue weighted by molar-refractivity contribution is 9.10. The van der Waals surface area contributed by atoms with Gasteiger partial charge in [0, 0.05) is 33.7 Å². The third-order valence-corrected chi connectivity index (χ3v) is 8.00. The van der Waals surface area contributed by atoms with Gasteiger partial charge >= 0.3 is 0 Å². The molecule has 4 aliphatic carbocycles. The number of carbonyl (C=O) groups is 1. The standard InChI is InChI=1S/C24H31BrN2O/c1-2-3-4-7-27-15-21(20-11-19(25)5-6-22(20)27)23(28)26-24-12-16-8-17(13-24)10-18(9-16)14-24/h5-6,11,15-18H,2-4,7-10,12-14H2,1H3,(H,26,28). The van der Waals surface area contributed by atoms with Crippen molar-refractivity contribution in [3.8, 4) is 0 Å². The molecule has 0 saturated heterocycles. The van der Waals surface area contributed by atoms with Gasteiger partial charge < -0.3 is 9.88 Å². The number of fused-ring (bicyclic) bond motifs is 1. The summed E-state index contributed by atoms with van der Waals surface area (Å²) in [5, 5.41) is 4.64. The Hall–Kier alpha value is -1.29. The highest BCUT2D eigenvalue weighted by atomic mass is 79.9. The molecule has 3 nitrogen and oxygen atoms in total. The molecule has 0 atom stereocenters. The van der Waals surface area contributed by atoms with Crippen molar-refractivity contribution in [3.63, 3.8) is 0 Å². The molecule has 2 aromatic rings. The minimum Gasteiger partial charge on any atom is -0.347 e. The highest BCUT2D eigenvalue weighted by Crippen LogP contribution is 2.55. The molecule has 6 rings (SSSR count). The Balaban J connectivity index is 1.43. The van der Waals surface area contributed by atoms with Crippen LogP contribution < -0.4 is 5.32 Å². The molecule has 4 heteroatoms. The van der Waals surface area contributed by atoms with Crippen molar-refractivity contribution < 1.29 is 4.79 Å². The molecule has 4 fully saturated rings. The lowest BCUT2D eigenvalue weighted by Gasteiger charge is -2.56. The third-order valence-electron chi connectivity index (χ3n) is 7.51. The molecule has 0 unspecified atom stereocenters. The van der Waals surface area contributed by atoms with Gasteiger partial charge in [-0.15, -0.1) is 0 Å². The maximum atomic E-state index is 13.5. The summed E-state index contributed by atoms with van der Waals surface area (Å²) < 4.78 is 3.32. The van der Waals surface area contributed by atoms with Crippen LogP contribution in [0.4, 0.5) is 0 Å². The number of carbonyl (C=O) groups excluding carboxylic acids is 1. The molecule has 4 saturated carbocycles. The fourth-order valence-electron chi connectivity index (χ4n) is 6.74. The van der Waals surface area contributed by atoms with Crippen LogP contribution >= 0.6 is 15.9 Å². The van der Waals surface area contributed by atoms with Crippen molar-refractivity contribution in [1.82, 2.24) is 9.88 Å². The number of benzene rings is 1. The van der Waals surface area contributed by atoms with Crippen LogP contribution in [-0.4, -0.2) is 16.0 Å². The summed E-state index contributed by atoms with van der Waals surface area (Å²) in [4.78, 5) is 13.5. The Labute approximate surface area is 176 Å². The van der Waals surface area contributed by atoms with Crippen molar-refractivity contribution in [2.75, 3.05) is 0 Å². The van der Waals surface area contributed by atoms with Crippen LogP contribution in [0.1, 0.15) is 75.1 Å². The van der Waals surface area contributed by atoms with Gasteiger partial charge in [0.1, 0.15) is 0 Å². The minimum atomic E-state index is 0.0640. The molecule has 1 N–H and O–H groups in total. The highest BCUT2D eigenvalue weighted by Gasteiger charge is 2.51. The molecular formula is C24H31BrN2O. The van der Waals surface area contributed by atoms with E-state index in [0.29, 0.717) is 0 Å². The number of nitrogens with one attached hydrogen (secondary N) is 1. The predicted molar refractivity (Wildman–Crippen MR) is 118 cm³/mol. The largest absolute Gasteiger partial charge is 0.347 e. The van der Waals surface area contributed by atoms with Gasteiger partial charge in [0.2, 0.25) is 0 Å². The van der Waals surface area contributed by atoms with E-state index >= 15 is 0 Å². The molecular weight excluding hydrogens is 412 g/mol. The Morgan fingerprint density at radius 3 is 2.46 bits per heavy atom. The predicted octanol–water partition coefficient (Wildman–Crippen LogP) is 6.29. The normalized spacial score (nSPS) is 30.9. The van der Waals surface area contributed by atoms with Gasteiger partial charge in [-0.25, -0.2) is 0 Å². The van der Waals surface area contributed by atoms with Crippen LogP contribution in [0, 0.1) is 17.8 Å². The summed E-state index contributed by atoms with van der Waals surface area (Å²) in [6, 6.07) is 6.34. The zero-order valence-corrected chi connectivity index (χ0v) is 18.4. The van der Waals surface area contributed by atoms with Gasteiger partial charge in [-0.2, -0.15) is 0 Å². The third kappa shape index (κ3) is 3.32. The van der Waals surface area contributed by atoms with E-state index < -0.39 is 0 Å². The second-order valence-electron chi connectivity index (χ2n) is 9.76. The van der Waals surface area contributed by atoms with E-state index in [1.54, 1.807) is 0 Å². The Morgan fingerprint density at radius 2 is 1.82 bits per heavy atom. The van der Waals surface area contributed by atoms with Crippen molar-refractivity contribution in [3.05, 3.63) is 34.4 Å². The fraction of sp³-hybridized carbons (Fsp3) is 0.625. The molecule has 1 aromatic heterocycles. The van der Waals surface area contributed by atoms with E-state index in [4.69, 9.17) is 0 Å². The van der Waals surface area contributed by atoms with Crippen molar-refractivity contribution in [2.24, 2.45) is 17.8 Å². The van der Waals surface area contributed by atoms with E-state index in [-0.39, 0.29) is 11.4 Å². The van der Waals surface area contributed by atoms with Crippen LogP contribution in [0.2, 0.25) is 0 Å². The van der Waals surface area contributed by atoms with Crippen LogP contribution in [-0.2, 0) is 6.54 Å². The number of hydrogen-bond donors (Lipinski definition) is 1. The fourth-order valence-corrected chi connectivity index (χ4v) is 7.10. The van der Waals surface area contributed by atoms with Crippen molar-refractivity contribution >= 4 is 32.7 Å². The number of unbranched alkanes of at least 4 members (excludes halogenated alkanes) is 2. The Bertz CT molecular complexity index is 864. The maximum Gasteiger partial charge on any atom is 0.253 e. The second kappa shape index (κ2) is 7.19. The zero-order valence-electron chi connectivity index (χ0n) is 16.8. The minimum absolute atomic E-state index is 0.0640. The number of hydrogen-bond acceptors (Lipinski definition) is 1. The monoisotopic (exact) mass is 442 g/mol. The van der Waals surface area contributed by atoms with E-state index in [1.807, 2.05) is 0 Å². The van der Waals surface area contributed by atoms with Crippen LogP contribution in [0.5, 0.6) is 0 Å². The summed E-state index contributed by atoms with van der Waals surface area (Å²) in [6.07, 6.45) is 13.5. The van der Waals surface area contributed by atoms with Gasteiger partial charge in [0.05, 0.1) is 5.56 Å². The van der Waals surface area contributed by atoms with Crippen molar-refractivity contribution in [1.29, 1.82) is 0 Å². The van der Waals surface area contributed by atoms with Gasteiger partial charge in [0.15, 0.2) is 0 Å². The summed E-state index contributed by atoms with van der Waals surface area (Å²) in [5.41, 5.74) is 2.09. The van der Waals surface area contributed by atoms with E-state index in [9.17, 15) is 4.79 Å².